The van der Waals surface area contributed by atoms with Crippen molar-refractivity contribution in [1.82, 2.24) is 5.32 Å². The van der Waals surface area contributed by atoms with Crippen molar-refractivity contribution in [3.05, 3.63) is 70.2 Å². The third-order valence-electron chi connectivity index (χ3n) is 6.22. The van der Waals surface area contributed by atoms with E-state index < -0.39 is 0 Å². The van der Waals surface area contributed by atoms with Crippen molar-refractivity contribution in [3.63, 3.8) is 0 Å². The van der Waals surface area contributed by atoms with E-state index in [4.69, 9.17) is 16.3 Å². The number of halogens is 1. The Bertz CT molecular complexity index is 796. The zero-order chi connectivity index (χ0) is 18.7. The van der Waals surface area contributed by atoms with Crippen LogP contribution in [0.3, 0.4) is 0 Å². The minimum atomic E-state index is -0.0634. The first-order chi connectivity index (χ1) is 13.2. The van der Waals surface area contributed by atoms with Gasteiger partial charge in [-0.2, -0.15) is 0 Å². The van der Waals surface area contributed by atoms with Crippen LogP contribution in [0.5, 0.6) is 0 Å². The van der Waals surface area contributed by atoms with Crippen LogP contribution in [0.4, 0.5) is 0 Å². The van der Waals surface area contributed by atoms with E-state index in [-0.39, 0.29) is 11.3 Å². The van der Waals surface area contributed by atoms with E-state index in [9.17, 15) is 4.79 Å². The van der Waals surface area contributed by atoms with Gasteiger partial charge in [0.05, 0.1) is 0 Å². The highest BCUT2D eigenvalue weighted by Gasteiger charge is 2.35. The fourth-order valence-corrected chi connectivity index (χ4v) is 4.68. The molecule has 0 radical (unpaired) electrons. The Morgan fingerprint density at radius 3 is 2.63 bits per heavy atom. The Morgan fingerprint density at radius 2 is 1.85 bits per heavy atom. The number of hydrogen-bond donors (Lipinski definition) is 1. The molecule has 1 aliphatic heterocycles. The SMILES string of the molecule is O=C(CC1CCc2ccccc21)NCC1(c2ccc(Cl)cc2)CCOCC1. The van der Waals surface area contributed by atoms with Gasteiger partial charge in [-0.25, -0.2) is 0 Å². The summed E-state index contributed by atoms with van der Waals surface area (Å²) in [6.45, 7) is 2.12. The van der Waals surface area contributed by atoms with Crippen molar-refractivity contribution in [2.24, 2.45) is 0 Å². The maximum atomic E-state index is 12.7. The average Bonchev–Trinajstić information content (AvgIpc) is 3.11. The highest BCUT2D eigenvalue weighted by molar-refractivity contribution is 6.30. The predicted octanol–water partition coefficient (Wildman–Crippen LogP) is 4.62. The second kappa shape index (κ2) is 8.04. The van der Waals surface area contributed by atoms with Gasteiger partial charge in [0.2, 0.25) is 5.91 Å². The van der Waals surface area contributed by atoms with Crippen LogP contribution in [0.25, 0.3) is 0 Å². The van der Waals surface area contributed by atoms with Gasteiger partial charge in [-0.3, -0.25) is 4.79 Å². The number of fused-ring (bicyclic) bond motifs is 1. The fourth-order valence-electron chi connectivity index (χ4n) is 4.55. The third kappa shape index (κ3) is 4.04. The Labute approximate surface area is 166 Å². The summed E-state index contributed by atoms with van der Waals surface area (Å²) < 4.78 is 5.58. The van der Waals surface area contributed by atoms with Crippen LogP contribution in [0.2, 0.25) is 5.02 Å². The van der Waals surface area contributed by atoms with E-state index in [2.05, 4.69) is 41.7 Å². The van der Waals surface area contributed by atoms with Crippen molar-refractivity contribution in [3.8, 4) is 0 Å². The second-order valence-electron chi connectivity index (χ2n) is 7.81. The standard InChI is InChI=1S/C23H26ClNO2/c24-20-9-7-19(8-10-20)23(11-13-27-14-12-23)16-25-22(26)15-18-6-5-17-3-1-2-4-21(17)18/h1-4,7-10,18H,5-6,11-16H2,(H,25,26). The first-order valence-corrected chi connectivity index (χ1v) is 10.2. The molecule has 1 amide bonds. The van der Waals surface area contributed by atoms with Gasteiger partial charge in [0.1, 0.15) is 0 Å². The van der Waals surface area contributed by atoms with Crippen LogP contribution in [-0.2, 0) is 21.4 Å². The lowest BCUT2D eigenvalue weighted by Crippen LogP contribution is -2.44. The molecule has 2 aromatic rings. The number of rotatable bonds is 5. The lowest BCUT2D eigenvalue weighted by atomic mass is 9.74. The van der Waals surface area contributed by atoms with Crippen molar-refractivity contribution in [2.45, 2.75) is 43.4 Å². The molecule has 2 aliphatic rings. The molecule has 27 heavy (non-hydrogen) atoms. The monoisotopic (exact) mass is 383 g/mol. The number of carbonyl (C=O) groups excluding carboxylic acids is 1. The molecule has 0 spiro atoms. The van der Waals surface area contributed by atoms with Crippen molar-refractivity contribution in [2.75, 3.05) is 19.8 Å². The summed E-state index contributed by atoms with van der Waals surface area (Å²) in [7, 11) is 0. The van der Waals surface area contributed by atoms with Crippen LogP contribution in [-0.4, -0.2) is 25.7 Å². The smallest absolute Gasteiger partial charge is 0.220 e. The first-order valence-electron chi connectivity index (χ1n) is 9.85. The van der Waals surface area contributed by atoms with Crippen LogP contribution >= 0.6 is 11.6 Å². The zero-order valence-corrected chi connectivity index (χ0v) is 16.3. The molecule has 0 bridgehead atoms. The summed E-state index contributed by atoms with van der Waals surface area (Å²) in [5.41, 5.74) is 3.93. The Kier molecular flexibility index (Phi) is 5.51. The average molecular weight is 384 g/mol. The first kappa shape index (κ1) is 18.5. The maximum Gasteiger partial charge on any atom is 0.220 e. The van der Waals surface area contributed by atoms with Gasteiger partial charge in [-0.15, -0.1) is 0 Å². The van der Waals surface area contributed by atoms with Gasteiger partial charge < -0.3 is 10.1 Å². The van der Waals surface area contributed by atoms with Gasteiger partial charge in [0.25, 0.3) is 0 Å². The highest BCUT2D eigenvalue weighted by Crippen LogP contribution is 2.37. The summed E-state index contributed by atoms with van der Waals surface area (Å²) in [5.74, 6) is 0.499. The normalized spacial score (nSPS) is 20.9. The van der Waals surface area contributed by atoms with Crippen LogP contribution < -0.4 is 5.32 Å². The van der Waals surface area contributed by atoms with Crippen molar-refractivity contribution < 1.29 is 9.53 Å². The molecular formula is C23H26ClNO2. The van der Waals surface area contributed by atoms with E-state index in [1.165, 1.54) is 16.7 Å². The van der Waals surface area contributed by atoms with Crippen molar-refractivity contribution in [1.29, 1.82) is 0 Å². The number of hydrogen-bond acceptors (Lipinski definition) is 2. The van der Waals surface area contributed by atoms with Gasteiger partial charge in [-0.1, -0.05) is 48.0 Å². The molecule has 4 rings (SSSR count). The van der Waals surface area contributed by atoms with Crippen LogP contribution in [0.15, 0.2) is 48.5 Å². The van der Waals surface area contributed by atoms with E-state index in [0.29, 0.717) is 18.9 Å². The molecule has 142 valence electrons. The molecule has 1 heterocycles. The molecule has 1 unspecified atom stereocenters. The molecule has 1 fully saturated rings. The maximum absolute atomic E-state index is 12.7. The summed E-state index contributed by atoms with van der Waals surface area (Å²) in [6, 6.07) is 16.6. The molecule has 1 aliphatic carbocycles. The number of amides is 1. The Balaban J connectivity index is 1.42. The Morgan fingerprint density at radius 1 is 1.11 bits per heavy atom. The minimum absolute atomic E-state index is 0.0634. The topological polar surface area (TPSA) is 38.3 Å². The number of aryl methyl sites for hydroxylation is 1. The predicted molar refractivity (Wildman–Crippen MR) is 108 cm³/mol. The number of benzene rings is 2. The summed E-state index contributed by atoms with van der Waals surface area (Å²) in [4.78, 5) is 12.7. The molecule has 1 atom stereocenters. The van der Waals surface area contributed by atoms with E-state index in [1.54, 1.807) is 0 Å². The third-order valence-corrected chi connectivity index (χ3v) is 6.47. The lowest BCUT2D eigenvalue weighted by Gasteiger charge is -2.38. The summed E-state index contributed by atoms with van der Waals surface area (Å²) in [5, 5.41) is 3.98. The molecule has 3 nitrogen and oxygen atoms in total. The highest BCUT2D eigenvalue weighted by atomic mass is 35.5. The second-order valence-corrected chi connectivity index (χ2v) is 8.25. The fraction of sp³-hybridized carbons (Fsp3) is 0.435. The number of nitrogens with one attached hydrogen (secondary N) is 1. The van der Waals surface area contributed by atoms with E-state index >= 15 is 0 Å². The summed E-state index contributed by atoms with van der Waals surface area (Å²) in [6.07, 6.45) is 4.57. The van der Waals surface area contributed by atoms with Crippen molar-refractivity contribution >= 4 is 17.5 Å². The van der Waals surface area contributed by atoms with Gasteiger partial charge in [0.15, 0.2) is 0 Å². The van der Waals surface area contributed by atoms with Crippen LogP contribution in [0.1, 0.15) is 48.3 Å². The molecule has 0 aromatic heterocycles. The van der Waals surface area contributed by atoms with Gasteiger partial charge in [0, 0.05) is 36.6 Å². The largest absolute Gasteiger partial charge is 0.381 e. The molecule has 0 saturated carbocycles. The summed E-state index contributed by atoms with van der Waals surface area (Å²) >= 11 is 6.07. The van der Waals surface area contributed by atoms with Gasteiger partial charge in [-0.05, 0) is 60.4 Å². The van der Waals surface area contributed by atoms with Crippen LogP contribution in [0, 0.1) is 0 Å². The number of ether oxygens (including phenoxy) is 1. The zero-order valence-electron chi connectivity index (χ0n) is 15.5. The van der Waals surface area contributed by atoms with E-state index in [0.717, 1.165) is 43.9 Å². The lowest BCUT2D eigenvalue weighted by molar-refractivity contribution is -0.122. The number of carbonyl (C=O) groups is 1. The van der Waals surface area contributed by atoms with Gasteiger partial charge >= 0.3 is 0 Å². The Hall–Kier alpha value is -1.84. The molecular weight excluding hydrogens is 358 g/mol. The molecule has 2 aromatic carbocycles. The molecule has 4 heteroatoms. The molecule has 1 saturated heterocycles. The quantitative estimate of drug-likeness (QED) is 0.817. The molecule has 1 N–H and O–H groups in total. The minimum Gasteiger partial charge on any atom is -0.381 e. The van der Waals surface area contributed by atoms with E-state index in [1.807, 2.05) is 12.1 Å².